The number of rotatable bonds is 4. The Morgan fingerprint density at radius 1 is 1.16 bits per heavy atom. The Hall–Kier alpha value is -4.61. The predicted molar refractivity (Wildman–Crippen MR) is 132 cm³/mol. The molecule has 12 heteroatoms. The molecule has 0 unspecified atom stereocenters. The maximum Gasteiger partial charge on any atom is 0.268 e. The van der Waals surface area contributed by atoms with Gasteiger partial charge in [0, 0.05) is 37.2 Å². The fourth-order valence-corrected chi connectivity index (χ4v) is 4.59. The molecule has 1 aromatic carbocycles. The van der Waals surface area contributed by atoms with Crippen molar-refractivity contribution in [3.8, 4) is 17.0 Å². The summed E-state index contributed by atoms with van der Waals surface area (Å²) in [6.07, 6.45) is 5.98. The largest absolute Gasteiger partial charge is 0.476 e. The van der Waals surface area contributed by atoms with Gasteiger partial charge >= 0.3 is 0 Å². The number of aryl methyl sites for hydroxylation is 1. The van der Waals surface area contributed by atoms with Crippen molar-refractivity contribution in [1.29, 1.82) is 0 Å². The Morgan fingerprint density at radius 2 is 1.97 bits per heavy atom. The summed E-state index contributed by atoms with van der Waals surface area (Å²) < 4.78 is 21.8. The van der Waals surface area contributed by atoms with Crippen LogP contribution in [0, 0.1) is 12.7 Å². The van der Waals surface area contributed by atoms with Crippen molar-refractivity contribution >= 4 is 29.1 Å². The van der Waals surface area contributed by atoms with E-state index < -0.39 is 11.9 Å². The molecule has 1 N–H and O–H groups in total. The van der Waals surface area contributed by atoms with Gasteiger partial charge in [0.25, 0.3) is 5.91 Å². The molecule has 1 fully saturated rings. The Morgan fingerprint density at radius 3 is 2.76 bits per heavy atom. The van der Waals surface area contributed by atoms with Gasteiger partial charge in [-0.1, -0.05) is 6.07 Å². The maximum atomic E-state index is 14.4. The first kappa shape index (κ1) is 22.8. The Bertz CT molecular complexity index is 1540. The lowest BCUT2D eigenvalue weighted by atomic mass is 10.1. The third-order valence-electron chi connectivity index (χ3n) is 6.52. The summed E-state index contributed by atoms with van der Waals surface area (Å²) in [5.41, 5.74) is 3.77. The number of piperazine rings is 1. The molecule has 37 heavy (non-hydrogen) atoms. The number of nitrogens with one attached hydrogen (secondary N) is 1. The minimum Gasteiger partial charge on any atom is -0.476 e. The van der Waals surface area contributed by atoms with E-state index in [1.165, 1.54) is 11.0 Å². The monoisotopic (exact) mass is 502 g/mol. The van der Waals surface area contributed by atoms with Crippen LogP contribution in [0.3, 0.4) is 0 Å². The van der Waals surface area contributed by atoms with Gasteiger partial charge in [0.15, 0.2) is 23.3 Å². The summed E-state index contributed by atoms with van der Waals surface area (Å²) >= 11 is 0. The minimum atomic E-state index is -0.817. The van der Waals surface area contributed by atoms with Gasteiger partial charge in [0.05, 0.1) is 42.1 Å². The molecule has 6 rings (SSSR count). The van der Waals surface area contributed by atoms with E-state index in [1.807, 2.05) is 22.4 Å². The second-order valence-corrected chi connectivity index (χ2v) is 8.96. The van der Waals surface area contributed by atoms with Gasteiger partial charge in [-0.2, -0.15) is 0 Å². The van der Waals surface area contributed by atoms with Crippen molar-refractivity contribution in [2.75, 3.05) is 29.4 Å². The average Bonchev–Trinajstić information content (AvgIpc) is 3.21. The van der Waals surface area contributed by atoms with Gasteiger partial charge in [-0.25, -0.2) is 19.3 Å². The third-order valence-corrected chi connectivity index (χ3v) is 6.52. The highest BCUT2D eigenvalue weighted by Crippen LogP contribution is 2.37. The number of hydrogen-bond acceptors (Lipinski definition) is 8. The molecule has 2 aliphatic heterocycles. The standard InChI is InChI=1S/C25H23FN8O3/c1-14-20(12-34-19-5-3-4-17(26)23(19)37-15(2)24(34)36)33-11-18(28-10-21(33)31-14)16-8-29-25(30-9-16)32-7-6-27-22(35)13-32/h3-5,8-11,15H,6-7,12-13H2,1-2H3,(H,27,35)/t15-/m1/s1. The highest BCUT2D eigenvalue weighted by atomic mass is 19.1. The molecule has 188 valence electrons. The molecule has 0 aliphatic carbocycles. The van der Waals surface area contributed by atoms with Crippen LogP contribution >= 0.6 is 0 Å². The Balaban J connectivity index is 1.34. The SMILES string of the molecule is Cc1nc2cnc(-c3cnc(N4CCNC(=O)C4)nc3)cn2c1CN1C(=O)[C@@H](C)Oc2c(F)cccc21. The lowest BCUT2D eigenvalue weighted by molar-refractivity contribution is -0.125. The molecule has 5 heterocycles. The van der Waals surface area contributed by atoms with Crippen molar-refractivity contribution < 1.29 is 18.7 Å². The number of aromatic nitrogens is 5. The molecule has 4 aromatic rings. The van der Waals surface area contributed by atoms with Crippen LogP contribution in [0.15, 0.2) is 43.0 Å². The van der Waals surface area contributed by atoms with E-state index in [4.69, 9.17) is 4.74 Å². The highest BCUT2D eigenvalue weighted by molar-refractivity contribution is 5.99. The smallest absolute Gasteiger partial charge is 0.268 e. The van der Waals surface area contributed by atoms with E-state index in [2.05, 4.69) is 25.3 Å². The number of halogens is 1. The summed E-state index contributed by atoms with van der Waals surface area (Å²) in [7, 11) is 0. The van der Waals surface area contributed by atoms with Crippen molar-refractivity contribution in [3.05, 3.63) is 60.2 Å². The van der Waals surface area contributed by atoms with Crippen LogP contribution < -0.4 is 19.9 Å². The number of carbonyl (C=O) groups excluding carboxylic acids is 2. The summed E-state index contributed by atoms with van der Waals surface area (Å²) in [6, 6.07) is 4.53. The topological polar surface area (TPSA) is 118 Å². The molecular formula is C25H23FN8O3. The van der Waals surface area contributed by atoms with Crippen molar-refractivity contribution in [2.45, 2.75) is 26.5 Å². The van der Waals surface area contributed by atoms with E-state index >= 15 is 0 Å². The number of benzene rings is 1. The molecule has 11 nitrogen and oxygen atoms in total. The lowest BCUT2D eigenvalue weighted by Gasteiger charge is -2.33. The lowest BCUT2D eigenvalue weighted by Crippen LogP contribution is -2.48. The number of amides is 2. The molecule has 1 atom stereocenters. The van der Waals surface area contributed by atoms with E-state index in [1.54, 1.807) is 37.6 Å². The number of imidazole rings is 1. The second kappa shape index (κ2) is 8.80. The average molecular weight is 503 g/mol. The number of para-hydroxylation sites is 1. The normalized spacial score (nSPS) is 17.5. The van der Waals surface area contributed by atoms with Crippen LogP contribution in [0.4, 0.5) is 16.0 Å². The zero-order valence-electron chi connectivity index (χ0n) is 20.2. The fraction of sp³-hybridized carbons (Fsp3) is 0.280. The van der Waals surface area contributed by atoms with Gasteiger partial charge in [-0.15, -0.1) is 0 Å². The van der Waals surface area contributed by atoms with Crippen LogP contribution in [0.25, 0.3) is 16.9 Å². The first-order chi connectivity index (χ1) is 17.9. The summed E-state index contributed by atoms with van der Waals surface area (Å²) in [5.74, 6) is -0.307. The second-order valence-electron chi connectivity index (χ2n) is 8.96. The molecule has 0 saturated carbocycles. The summed E-state index contributed by atoms with van der Waals surface area (Å²) in [6.45, 7) is 5.04. The summed E-state index contributed by atoms with van der Waals surface area (Å²) in [4.78, 5) is 46.0. The van der Waals surface area contributed by atoms with Crippen LogP contribution in [0.1, 0.15) is 18.3 Å². The van der Waals surface area contributed by atoms with E-state index in [9.17, 15) is 14.0 Å². The zero-order chi connectivity index (χ0) is 25.7. The number of fused-ring (bicyclic) bond motifs is 2. The van der Waals surface area contributed by atoms with Crippen LogP contribution in [-0.2, 0) is 16.1 Å². The van der Waals surface area contributed by atoms with E-state index in [0.29, 0.717) is 41.6 Å². The molecule has 0 radical (unpaired) electrons. The van der Waals surface area contributed by atoms with Gasteiger partial charge < -0.3 is 15.0 Å². The van der Waals surface area contributed by atoms with Gasteiger partial charge in [-0.3, -0.25) is 23.9 Å². The zero-order valence-corrected chi connectivity index (χ0v) is 20.2. The first-order valence-electron chi connectivity index (χ1n) is 11.8. The van der Waals surface area contributed by atoms with Crippen LogP contribution in [0.2, 0.25) is 0 Å². The van der Waals surface area contributed by atoms with Gasteiger partial charge in [0.2, 0.25) is 11.9 Å². The predicted octanol–water partition coefficient (Wildman–Crippen LogP) is 1.88. The van der Waals surface area contributed by atoms with Crippen molar-refractivity contribution in [3.63, 3.8) is 0 Å². The number of nitrogens with zero attached hydrogens (tertiary/aromatic N) is 7. The maximum absolute atomic E-state index is 14.4. The van der Waals surface area contributed by atoms with E-state index in [-0.39, 0.29) is 30.7 Å². The Labute approximate surface area is 210 Å². The number of ether oxygens (including phenoxy) is 1. The number of hydrogen-bond donors (Lipinski definition) is 1. The van der Waals surface area contributed by atoms with E-state index in [0.717, 1.165) is 11.4 Å². The van der Waals surface area contributed by atoms with Crippen molar-refractivity contribution in [1.82, 2.24) is 29.7 Å². The van der Waals surface area contributed by atoms with Crippen LogP contribution in [0.5, 0.6) is 5.75 Å². The Kier molecular flexibility index (Phi) is 5.43. The molecule has 2 aliphatic rings. The first-order valence-corrected chi connectivity index (χ1v) is 11.8. The van der Waals surface area contributed by atoms with Crippen molar-refractivity contribution in [2.24, 2.45) is 0 Å². The minimum absolute atomic E-state index is 0.0619. The summed E-state index contributed by atoms with van der Waals surface area (Å²) in [5, 5.41) is 2.78. The molecule has 1 saturated heterocycles. The highest BCUT2D eigenvalue weighted by Gasteiger charge is 2.34. The molecule has 0 spiro atoms. The third kappa shape index (κ3) is 3.99. The van der Waals surface area contributed by atoms with Gasteiger partial charge in [-0.05, 0) is 26.0 Å². The molecule has 2 amide bonds. The molecular weight excluding hydrogens is 479 g/mol. The van der Waals surface area contributed by atoms with Crippen LogP contribution in [-0.4, -0.2) is 61.9 Å². The fourth-order valence-electron chi connectivity index (χ4n) is 4.59. The number of carbonyl (C=O) groups is 2. The van der Waals surface area contributed by atoms with Gasteiger partial charge in [0.1, 0.15) is 0 Å². The molecule has 3 aromatic heterocycles. The quantitative estimate of drug-likeness (QED) is 0.450. The molecule has 0 bridgehead atoms. The number of anilines is 2.